The van der Waals surface area contributed by atoms with E-state index in [1.54, 1.807) is 6.20 Å². The third-order valence-electron chi connectivity index (χ3n) is 2.01. The van der Waals surface area contributed by atoms with Crippen molar-refractivity contribution in [2.24, 2.45) is 0 Å². The minimum Gasteiger partial charge on any atom is -0.369 e. The summed E-state index contributed by atoms with van der Waals surface area (Å²) in [6, 6.07) is 7.68. The molecule has 0 bridgehead atoms. The third kappa shape index (κ3) is 1.52. The van der Waals surface area contributed by atoms with Crippen LogP contribution in [0.5, 0.6) is 0 Å². The summed E-state index contributed by atoms with van der Waals surface area (Å²) in [6.45, 7) is 1.71. The Hall–Kier alpha value is -2.02. The fourth-order valence-corrected chi connectivity index (χ4v) is 1.37. The number of nitrogens with one attached hydrogen (secondary N) is 2. The van der Waals surface area contributed by atoms with Crippen LogP contribution in [0.25, 0.3) is 5.57 Å². The van der Waals surface area contributed by atoms with Gasteiger partial charge in [-0.3, -0.25) is 4.98 Å². The molecule has 2 N–H and O–H groups in total. The fraction of sp³-hybridized carbons (Fsp3) is 0.200. The molecule has 0 atom stereocenters. The first-order valence-corrected chi connectivity index (χ1v) is 4.45. The van der Waals surface area contributed by atoms with Gasteiger partial charge in [-0.15, -0.1) is 0 Å². The second-order valence-corrected chi connectivity index (χ2v) is 2.93. The predicted octanol–water partition coefficient (Wildman–Crippen LogP) is 0.467. The zero-order valence-electron chi connectivity index (χ0n) is 7.62. The molecule has 0 radical (unpaired) electrons. The zero-order valence-corrected chi connectivity index (χ0v) is 7.62. The number of allylic oxidation sites excluding steroid dienone is 1. The van der Waals surface area contributed by atoms with E-state index in [1.807, 2.05) is 18.2 Å². The SMILES string of the molecule is N#CC(=C1NCCN1)c1ccccn1. The molecular formula is C10H10N4. The van der Waals surface area contributed by atoms with Crippen molar-refractivity contribution in [1.29, 1.82) is 5.26 Å². The van der Waals surface area contributed by atoms with Gasteiger partial charge in [0.05, 0.1) is 5.69 Å². The number of hydrogen-bond acceptors (Lipinski definition) is 4. The van der Waals surface area contributed by atoms with Crippen LogP contribution in [-0.2, 0) is 0 Å². The molecule has 0 amide bonds. The molecule has 0 aromatic carbocycles. The van der Waals surface area contributed by atoms with Gasteiger partial charge < -0.3 is 10.6 Å². The number of pyridine rings is 1. The minimum atomic E-state index is 0.572. The smallest absolute Gasteiger partial charge is 0.119 e. The zero-order chi connectivity index (χ0) is 9.80. The largest absolute Gasteiger partial charge is 0.369 e. The van der Waals surface area contributed by atoms with Crippen LogP contribution in [0.2, 0.25) is 0 Å². The summed E-state index contributed by atoms with van der Waals surface area (Å²) in [6.07, 6.45) is 1.68. The van der Waals surface area contributed by atoms with Gasteiger partial charge in [0.1, 0.15) is 17.5 Å². The van der Waals surface area contributed by atoms with Crippen LogP contribution in [0.4, 0.5) is 0 Å². The van der Waals surface area contributed by atoms with Gasteiger partial charge in [-0.1, -0.05) is 6.07 Å². The third-order valence-corrected chi connectivity index (χ3v) is 2.01. The van der Waals surface area contributed by atoms with Crippen molar-refractivity contribution < 1.29 is 0 Å². The summed E-state index contributed by atoms with van der Waals surface area (Å²) in [5.41, 5.74) is 1.27. The van der Waals surface area contributed by atoms with Gasteiger partial charge >= 0.3 is 0 Å². The summed E-state index contributed by atoms with van der Waals surface area (Å²) in [7, 11) is 0. The molecule has 2 rings (SSSR count). The van der Waals surface area contributed by atoms with Gasteiger partial charge in [0, 0.05) is 19.3 Å². The lowest BCUT2D eigenvalue weighted by molar-refractivity contribution is 0.942. The van der Waals surface area contributed by atoms with Gasteiger partial charge in [-0.25, -0.2) is 0 Å². The average molecular weight is 186 g/mol. The first-order chi connectivity index (χ1) is 6.92. The summed E-state index contributed by atoms with van der Waals surface area (Å²) in [4.78, 5) is 4.13. The molecule has 1 aliphatic rings. The van der Waals surface area contributed by atoms with E-state index < -0.39 is 0 Å². The monoisotopic (exact) mass is 186 g/mol. The van der Waals surface area contributed by atoms with Crippen LogP contribution in [0, 0.1) is 11.3 Å². The molecule has 0 saturated carbocycles. The predicted molar refractivity (Wildman–Crippen MR) is 52.8 cm³/mol. The highest BCUT2D eigenvalue weighted by atomic mass is 15.2. The Balaban J connectivity index is 2.40. The normalized spacial score (nSPS) is 14.1. The van der Waals surface area contributed by atoms with Crippen molar-refractivity contribution in [3.8, 4) is 6.07 Å². The lowest BCUT2D eigenvalue weighted by atomic mass is 10.2. The van der Waals surface area contributed by atoms with Crippen LogP contribution < -0.4 is 10.6 Å². The van der Waals surface area contributed by atoms with Crippen molar-refractivity contribution in [2.75, 3.05) is 13.1 Å². The van der Waals surface area contributed by atoms with E-state index in [1.165, 1.54) is 0 Å². The van der Waals surface area contributed by atoms with E-state index in [9.17, 15) is 0 Å². The van der Waals surface area contributed by atoms with Crippen LogP contribution >= 0.6 is 0 Å². The van der Waals surface area contributed by atoms with Gasteiger partial charge in [0.15, 0.2) is 0 Å². The van der Waals surface area contributed by atoms with Crippen LogP contribution in [0.15, 0.2) is 30.2 Å². The highest BCUT2D eigenvalue weighted by molar-refractivity contribution is 5.76. The molecule has 2 heterocycles. The highest BCUT2D eigenvalue weighted by Gasteiger charge is 2.12. The summed E-state index contributed by atoms with van der Waals surface area (Å²) in [5, 5.41) is 15.2. The van der Waals surface area contributed by atoms with Crippen LogP contribution in [0.3, 0.4) is 0 Å². The fourth-order valence-electron chi connectivity index (χ4n) is 1.37. The number of hydrogen-bond donors (Lipinski definition) is 2. The number of nitrogens with zero attached hydrogens (tertiary/aromatic N) is 2. The number of aromatic nitrogens is 1. The van der Waals surface area contributed by atoms with E-state index in [0.29, 0.717) is 11.3 Å². The molecule has 0 unspecified atom stereocenters. The Bertz CT molecular complexity index is 380. The molecule has 14 heavy (non-hydrogen) atoms. The van der Waals surface area contributed by atoms with Crippen molar-refractivity contribution >= 4 is 5.57 Å². The quantitative estimate of drug-likeness (QED) is 0.626. The standard InChI is InChI=1S/C10H10N4/c11-7-8(10-13-5-6-14-10)9-3-1-2-4-12-9/h1-4,13-14H,5-6H2. The Morgan fingerprint density at radius 2 is 2.14 bits per heavy atom. The van der Waals surface area contributed by atoms with Crippen LogP contribution in [-0.4, -0.2) is 18.1 Å². The maximum atomic E-state index is 9.01. The van der Waals surface area contributed by atoms with Crippen molar-refractivity contribution in [1.82, 2.24) is 15.6 Å². The van der Waals surface area contributed by atoms with E-state index in [4.69, 9.17) is 5.26 Å². The minimum absolute atomic E-state index is 0.572. The molecule has 70 valence electrons. The Morgan fingerprint density at radius 3 is 2.71 bits per heavy atom. The summed E-state index contributed by atoms with van der Waals surface area (Å²) < 4.78 is 0. The first kappa shape index (κ1) is 8.57. The highest BCUT2D eigenvalue weighted by Crippen LogP contribution is 2.13. The molecule has 1 saturated heterocycles. The van der Waals surface area contributed by atoms with E-state index in [-0.39, 0.29) is 0 Å². The molecule has 1 fully saturated rings. The van der Waals surface area contributed by atoms with Gasteiger partial charge in [-0.05, 0) is 12.1 Å². The lowest BCUT2D eigenvalue weighted by Crippen LogP contribution is -2.13. The van der Waals surface area contributed by atoms with Crippen LogP contribution in [0.1, 0.15) is 5.69 Å². The van der Waals surface area contributed by atoms with E-state index in [0.717, 1.165) is 18.9 Å². The van der Waals surface area contributed by atoms with Gasteiger partial charge in [-0.2, -0.15) is 5.26 Å². The van der Waals surface area contributed by atoms with Gasteiger partial charge in [0.2, 0.25) is 0 Å². The van der Waals surface area contributed by atoms with E-state index >= 15 is 0 Å². The molecule has 1 aromatic heterocycles. The van der Waals surface area contributed by atoms with Crippen molar-refractivity contribution in [2.45, 2.75) is 0 Å². The number of nitriles is 1. The molecule has 4 heteroatoms. The molecular weight excluding hydrogens is 176 g/mol. The topological polar surface area (TPSA) is 60.7 Å². The second-order valence-electron chi connectivity index (χ2n) is 2.93. The maximum absolute atomic E-state index is 9.01. The van der Waals surface area contributed by atoms with E-state index in [2.05, 4.69) is 21.7 Å². The number of rotatable bonds is 1. The molecule has 4 nitrogen and oxygen atoms in total. The Kier molecular flexibility index (Phi) is 2.32. The average Bonchev–Trinajstić information content (AvgIpc) is 2.74. The first-order valence-electron chi connectivity index (χ1n) is 4.45. The Morgan fingerprint density at radius 1 is 1.36 bits per heavy atom. The molecule has 0 spiro atoms. The van der Waals surface area contributed by atoms with Crippen molar-refractivity contribution in [3.63, 3.8) is 0 Å². The van der Waals surface area contributed by atoms with Gasteiger partial charge in [0.25, 0.3) is 0 Å². The molecule has 0 aliphatic carbocycles. The lowest BCUT2D eigenvalue weighted by Gasteiger charge is -2.03. The molecule has 1 aromatic rings. The second kappa shape index (κ2) is 3.79. The maximum Gasteiger partial charge on any atom is 0.119 e. The Labute approximate surface area is 82.3 Å². The molecule has 1 aliphatic heterocycles. The van der Waals surface area contributed by atoms with Crippen molar-refractivity contribution in [3.05, 3.63) is 35.9 Å². The summed E-state index contributed by atoms with van der Waals surface area (Å²) >= 11 is 0. The summed E-state index contributed by atoms with van der Waals surface area (Å²) in [5.74, 6) is 0.784.